The minimum Gasteiger partial charge on any atom is -0.423 e. The van der Waals surface area contributed by atoms with Crippen LogP contribution in [0, 0.1) is 48.8 Å². The van der Waals surface area contributed by atoms with Gasteiger partial charge in [0.1, 0.15) is 47.1 Å². The maximum absolute atomic E-state index is 13.7. The van der Waals surface area contributed by atoms with Crippen LogP contribution in [0.2, 0.25) is 0 Å². The SMILES string of the molecule is C/C=C(\F)c1cccc(-c2cnc(Nc3ccc(F)cc3)o2)c1.COC1(c2cccc(-c3cnc(Nc4ccc(F)cc4)o3)c2)CC1.COC1(c2cccc(-c3cnc(Nc4ccc(F)cc4)o3)c2)CCC1.Cc1nnc(-c2cccc(-c3cnc(Nc4ccc(F)cc4)o3)c2)o1.Cc1noc(-c2cccc(-c3cnc(Nc4ccc(F)cc4)o3)c2)n1.Cn1ncnc1-c1cccc(-c2cnc(Nc3ccc(F)cc3)o2)c1. The van der Waals surface area contributed by atoms with E-state index in [2.05, 4.69) is 116 Å². The molecule has 0 atom stereocenters. The predicted octanol–water partition coefficient (Wildman–Crippen LogP) is 28.8. The highest BCUT2D eigenvalue weighted by molar-refractivity contribution is 5.73. The summed E-state index contributed by atoms with van der Waals surface area (Å²) in [6.45, 7) is 5.14. The number of nitrogens with zero attached hydrogens (tertiary/aromatic N) is 13. The van der Waals surface area contributed by atoms with E-state index < -0.39 is 0 Å². The van der Waals surface area contributed by atoms with Crippen LogP contribution >= 0.6 is 0 Å². The van der Waals surface area contributed by atoms with Crippen molar-refractivity contribution < 1.29 is 75.6 Å². The van der Waals surface area contributed by atoms with Crippen LogP contribution in [-0.2, 0) is 27.7 Å². The number of allylic oxidation sites excluding steroid dienone is 1. The molecule has 0 bridgehead atoms. The Bertz CT molecular complexity index is 7820. The summed E-state index contributed by atoms with van der Waals surface area (Å²) >= 11 is 0. The van der Waals surface area contributed by atoms with E-state index in [0.717, 1.165) is 98.5 Å². The average molecular weight is 1980 g/mol. The normalized spacial score (nSPS) is 12.5. The fourth-order valence-electron chi connectivity index (χ4n) is 15.3. The Morgan fingerprint density at radius 1 is 0.340 bits per heavy atom. The molecule has 2 aliphatic carbocycles. The van der Waals surface area contributed by atoms with Crippen molar-refractivity contribution in [2.45, 2.75) is 64.1 Å². The van der Waals surface area contributed by atoms with Gasteiger partial charge in [0.05, 0.1) is 48.4 Å². The molecule has 9 aromatic heterocycles. The van der Waals surface area contributed by atoms with Gasteiger partial charge in [0.2, 0.25) is 11.8 Å². The van der Waals surface area contributed by atoms with Gasteiger partial charge < -0.3 is 76.8 Å². The van der Waals surface area contributed by atoms with E-state index in [1.54, 1.807) is 168 Å². The number of hydrogen-bond acceptors (Lipinski definition) is 28. The topological polar surface area (TPSA) is 355 Å². The van der Waals surface area contributed by atoms with Gasteiger partial charge in [-0.05, 0) is 251 Å². The van der Waals surface area contributed by atoms with Gasteiger partial charge in [-0.1, -0.05) is 108 Å². The number of ether oxygens (including phenoxy) is 2. The van der Waals surface area contributed by atoms with E-state index in [9.17, 15) is 30.7 Å². The fourth-order valence-corrected chi connectivity index (χ4v) is 15.3. The third-order valence-corrected chi connectivity index (χ3v) is 23.2. The van der Waals surface area contributed by atoms with Gasteiger partial charge in [-0.2, -0.15) is 10.1 Å². The van der Waals surface area contributed by atoms with Gasteiger partial charge in [0.15, 0.2) is 46.2 Å². The van der Waals surface area contributed by atoms with Crippen molar-refractivity contribution in [3.63, 3.8) is 0 Å². The molecule has 147 heavy (non-hydrogen) atoms. The molecule has 2 saturated carbocycles. The Morgan fingerprint density at radius 3 is 0.925 bits per heavy atom. The van der Waals surface area contributed by atoms with Crippen LogP contribution < -0.4 is 31.9 Å². The average Bonchev–Trinajstić information content (AvgIpc) is 1.59. The van der Waals surface area contributed by atoms with Crippen LogP contribution in [0.15, 0.2) is 376 Å². The van der Waals surface area contributed by atoms with E-state index in [-0.39, 0.29) is 57.9 Å². The second kappa shape index (κ2) is 45.5. The summed E-state index contributed by atoms with van der Waals surface area (Å²) < 4.78 is 149. The first-order chi connectivity index (χ1) is 71.5. The van der Waals surface area contributed by atoms with Gasteiger partial charge in [-0.25, -0.2) is 70.3 Å². The Morgan fingerprint density at radius 2 is 0.639 bits per heavy atom. The molecule has 0 amide bonds. The molecule has 9 heterocycles. The number of oxazole rings is 6. The second-order valence-electron chi connectivity index (χ2n) is 33.3. The third-order valence-electron chi connectivity index (χ3n) is 23.2. The van der Waals surface area contributed by atoms with Crippen LogP contribution in [0.1, 0.15) is 67.4 Å². The number of hydrogen-bond donors (Lipinski definition) is 6. The van der Waals surface area contributed by atoms with Crippen LogP contribution in [0.25, 0.3) is 108 Å². The standard InChI is InChI=1S/C20H19FN2O2.C19H17FN2O2.C18H14F2N2O.C18H14FN5O.2C18H13FN4O2/c1-24-20(10-3-11-20)15-5-2-4-14(12-15)18-13-22-19(25-18)23-17-8-6-16(21)7-9-17;1-23-19(9-10-19)14-4-2-3-13(11-14)17-12-21-18(24-17)22-16-7-5-15(20)6-8-16;1-2-16(20)12-4-3-5-13(10-12)17-11-21-18(23-17)22-15-8-6-14(19)7-9-15;1-24-17(21-11-22-24)13-4-2-3-12(9-13)16-10-20-18(25-16)23-15-7-5-14(19)6-8-15;1-11-22-23-17(24-11)13-4-2-3-12(9-13)16-10-20-18(25-16)21-15-7-5-14(19)6-8-15;1-11-21-17(25-23-11)13-4-2-3-12(9-13)16-10-20-18(24-16)22-15-7-5-14(19)6-8-15/h2,4-9,12-13H,3,10-11H2,1H3,(H,22,23);2-8,11-12H,9-10H2,1H3,(H,21,22);2-11H,1H3,(H,21,22);2-11H,1H3,(H,20,23);2-10H,1H3,(H,20,21);2-10H,1H3,(H,20,22)/b;;16-2-;;;. The quantitative estimate of drug-likeness (QED) is 0.0274. The zero-order valence-corrected chi connectivity index (χ0v) is 79.4. The summed E-state index contributed by atoms with van der Waals surface area (Å²) in [4.78, 5) is 33.7. The molecule has 29 nitrogen and oxygen atoms in total. The lowest BCUT2D eigenvalue weighted by atomic mass is 9.74. The number of halogens is 7. The first-order valence-corrected chi connectivity index (χ1v) is 46.0. The summed E-state index contributed by atoms with van der Waals surface area (Å²) in [5.41, 5.74) is 14.4. The minimum atomic E-state index is -0.313. The summed E-state index contributed by atoms with van der Waals surface area (Å²) in [6, 6.07) is 84.0. The molecule has 36 heteroatoms. The van der Waals surface area contributed by atoms with Gasteiger partial charge >= 0.3 is 0 Å². The van der Waals surface area contributed by atoms with Gasteiger partial charge in [0.25, 0.3) is 42.0 Å². The van der Waals surface area contributed by atoms with E-state index in [4.69, 9.17) is 44.9 Å². The maximum atomic E-state index is 13.7. The number of rotatable bonds is 26. The van der Waals surface area contributed by atoms with Crippen molar-refractivity contribution >= 4 is 76.0 Å². The lowest BCUT2D eigenvalue weighted by Crippen LogP contribution is -2.35. The molecule has 2 aliphatic rings. The highest BCUT2D eigenvalue weighted by Gasteiger charge is 2.45. The molecule has 0 aliphatic heterocycles. The maximum Gasteiger partial charge on any atom is 0.299 e. The summed E-state index contributed by atoms with van der Waals surface area (Å²) in [7, 11) is 5.36. The summed E-state index contributed by atoms with van der Waals surface area (Å²) in [5, 5.41) is 33.7. The molecular formula is C111H90F7N19O10. The molecule has 0 spiro atoms. The second-order valence-corrected chi connectivity index (χ2v) is 33.3. The molecule has 0 saturated heterocycles. The monoisotopic (exact) mass is 1980 g/mol. The van der Waals surface area contributed by atoms with Crippen molar-refractivity contribution in [1.29, 1.82) is 0 Å². The predicted molar refractivity (Wildman–Crippen MR) is 541 cm³/mol. The first kappa shape index (κ1) is 98.5. The van der Waals surface area contributed by atoms with Gasteiger partial charge in [0, 0.05) is 118 Å². The molecular weight excluding hydrogens is 1890 g/mol. The van der Waals surface area contributed by atoms with Crippen LogP contribution in [0.3, 0.4) is 0 Å². The number of aromatic nitrogens is 13. The molecule has 0 radical (unpaired) electrons. The van der Waals surface area contributed by atoms with Crippen molar-refractivity contribution in [3.8, 4) is 102 Å². The lowest BCUT2D eigenvalue weighted by Gasteiger charge is -2.41. The first-order valence-electron chi connectivity index (χ1n) is 46.0. The van der Waals surface area contributed by atoms with Gasteiger partial charge in [-0.3, -0.25) is 0 Å². The summed E-state index contributed by atoms with van der Waals surface area (Å²) in [5.74, 6) is 4.34. The minimum absolute atomic E-state index is 0.134. The van der Waals surface area contributed by atoms with E-state index in [1.165, 1.54) is 97.2 Å². The molecule has 23 rings (SSSR count). The smallest absolute Gasteiger partial charge is 0.299 e. The molecule has 12 aromatic carbocycles. The largest absolute Gasteiger partial charge is 0.423 e. The van der Waals surface area contributed by atoms with Crippen LogP contribution in [0.5, 0.6) is 0 Å². The zero-order chi connectivity index (χ0) is 102. The zero-order valence-electron chi connectivity index (χ0n) is 79.4. The Kier molecular flexibility index (Phi) is 30.5. The fraction of sp³-hybridized carbons (Fsp3) is 0.117. The molecule has 0 unspecified atom stereocenters. The summed E-state index contributed by atoms with van der Waals surface area (Å²) in [6.07, 6.45) is 18.1. The van der Waals surface area contributed by atoms with E-state index in [1.807, 2.05) is 110 Å². The Labute approximate surface area is 835 Å². The lowest BCUT2D eigenvalue weighted by molar-refractivity contribution is -0.0778. The Balaban J connectivity index is 0.000000116. The van der Waals surface area contributed by atoms with E-state index >= 15 is 0 Å². The number of methoxy groups -OCH3 is 2. The molecule has 738 valence electrons. The van der Waals surface area contributed by atoms with Crippen LogP contribution in [-0.4, -0.2) is 79.2 Å². The molecule has 21 aromatic rings. The molecule has 6 N–H and O–H groups in total. The van der Waals surface area contributed by atoms with E-state index in [0.29, 0.717) is 116 Å². The highest BCUT2D eigenvalue weighted by atomic mass is 19.2. The number of anilines is 12. The van der Waals surface area contributed by atoms with Gasteiger partial charge in [-0.15, -0.1) is 10.2 Å². The third kappa shape index (κ3) is 25.4. The molecule has 2 fully saturated rings. The Hall–Kier alpha value is -18.7. The van der Waals surface area contributed by atoms with Crippen LogP contribution in [0.4, 0.5) is 101 Å². The van der Waals surface area contributed by atoms with Crippen molar-refractivity contribution in [1.82, 2.24) is 65.0 Å². The number of nitrogens with one attached hydrogen (secondary N) is 6. The number of aryl methyl sites for hydroxylation is 3. The number of benzene rings is 12. The van der Waals surface area contributed by atoms with Crippen molar-refractivity contribution in [2.75, 3.05) is 46.1 Å². The van der Waals surface area contributed by atoms with Crippen molar-refractivity contribution in [3.05, 3.63) is 404 Å². The van der Waals surface area contributed by atoms with Crippen molar-refractivity contribution in [2.24, 2.45) is 7.05 Å². The highest BCUT2D eigenvalue weighted by Crippen LogP contribution is 2.50.